The van der Waals surface area contributed by atoms with Crippen molar-refractivity contribution in [3.63, 3.8) is 0 Å². The van der Waals surface area contributed by atoms with Gasteiger partial charge < -0.3 is 5.32 Å². The molecule has 2 fully saturated rings. The number of rotatable bonds is 5. The molecular weight excluding hydrogens is 215 g/mol. The second-order valence-corrected chi connectivity index (χ2v) is 5.53. The van der Waals surface area contributed by atoms with Crippen molar-refractivity contribution in [2.45, 2.75) is 44.7 Å². The van der Waals surface area contributed by atoms with Gasteiger partial charge in [0.15, 0.2) is 0 Å². The van der Waals surface area contributed by atoms with Gasteiger partial charge in [-0.2, -0.15) is 0 Å². The zero-order valence-electron chi connectivity index (χ0n) is 10.2. The summed E-state index contributed by atoms with van der Waals surface area (Å²) in [6.45, 7) is 2.11. The molecular formula is C14H19FN2. The molecule has 0 spiro atoms. The lowest BCUT2D eigenvalue weighted by Gasteiger charge is -2.23. The second-order valence-electron chi connectivity index (χ2n) is 5.53. The molecule has 92 valence electrons. The zero-order chi connectivity index (χ0) is 11.8. The van der Waals surface area contributed by atoms with Crippen LogP contribution in [0.3, 0.4) is 0 Å². The van der Waals surface area contributed by atoms with Crippen molar-refractivity contribution >= 4 is 0 Å². The quantitative estimate of drug-likeness (QED) is 0.847. The number of aromatic nitrogens is 1. The third kappa shape index (κ3) is 2.65. The van der Waals surface area contributed by atoms with Gasteiger partial charge >= 0.3 is 0 Å². The number of hydrogen-bond donors (Lipinski definition) is 1. The van der Waals surface area contributed by atoms with Gasteiger partial charge in [-0.1, -0.05) is 0 Å². The number of pyridine rings is 1. The van der Waals surface area contributed by atoms with Gasteiger partial charge in [-0.05, 0) is 56.1 Å². The van der Waals surface area contributed by atoms with Gasteiger partial charge in [-0.15, -0.1) is 0 Å². The Morgan fingerprint density at radius 1 is 1.24 bits per heavy atom. The lowest BCUT2D eigenvalue weighted by molar-refractivity contribution is 0.376. The van der Waals surface area contributed by atoms with Gasteiger partial charge in [0, 0.05) is 18.3 Å². The maximum absolute atomic E-state index is 13.1. The first-order valence-electron chi connectivity index (χ1n) is 6.60. The summed E-state index contributed by atoms with van der Waals surface area (Å²) in [5.74, 6) is 1.49. The summed E-state index contributed by atoms with van der Waals surface area (Å²) in [7, 11) is 0. The average molecular weight is 234 g/mol. The smallest absolute Gasteiger partial charge is 0.141 e. The molecule has 2 aliphatic carbocycles. The number of halogens is 1. The monoisotopic (exact) mass is 234 g/mol. The Balaban J connectivity index is 1.66. The Kier molecular flexibility index (Phi) is 2.87. The highest BCUT2D eigenvalue weighted by Gasteiger charge is 2.41. The third-order valence-corrected chi connectivity index (χ3v) is 3.93. The van der Waals surface area contributed by atoms with E-state index in [-0.39, 0.29) is 11.9 Å². The fourth-order valence-electron chi connectivity index (χ4n) is 2.62. The highest BCUT2D eigenvalue weighted by atomic mass is 19.1. The van der Waals surface area contributed by atoms with Crippen LogP contribution in [0.4, 0.5) is 4.39 Å². The highest BCUT2D eigenvalue weighted by Crippen LogP contribution is 2.45. The van der Waals surface area contributed by atoms with Crippen LogP contribution in [-0.4, -0.2) is 11.0 Å². The SMILES string of the molecule is CC(NC(C1CC1)C1CC1)c1cncc(F)c1. The van der Waals surface area contributed by atoms with Crippen LogP contribution in [0, 0.1) is 17.7 Å². The van der Waals surface area contributed by atoms with E-state index in [2.05, 4.69) is 17.2 Å². The van der Waals surface area contributed by atoms with E-state index in [0.717, 1.165) is 17.4 Å². The van der Waals surface area contributed by atoms with E-state index >= 15 is 0 Å². The molecule has 1 N–H and O–H groups in total. The number of hydrogen-bond acceptors (Lipinski definition) is 2. The second kappa shape index (κ2) is 4.37. The van der Waals surface area contributed by atoms with Gasteiger partial charge in [0.1, 0.15) is 5.82 Å². The van der Waals surface area contributed by atoms with E-state index in [1.54, 1.807) is 12.3 Å². The molecule has 3 rings (SSSR count). The average Bonchev–Trinajstić information content (AvgIpc) is 3.16. The molecule has 3 heteroatoms. The predicted octanol–water partition coefficient (Wildman–Crippen LogP) is 3.06. The molecule has 1 aromatic heterocycles. The van der Waals surface area contributed by atoms with E-state index in [4.69, 9.17) is 0 Å². The van der Waals surface area contributed by atoms with Crippen molar-refractivity contribution in [1.29, 1.82) is 0 Å². The van der Waals surface area contributed by atoms with E-state index in [9.17, 15) is 4.39 Å². The molecule has 0 saturated heterocycles. The van der Waals surface area contributed by atoms with E-state index < -0.39 is 0 Å². The van der Waals surface area contributed by atoms with Crippen molar-refractivity contribution in [2.75, 3.05) is 0 Å². The summed E-state index contributed by atoms with van der Waals surface area (Å²) in [6.07, 6.45) is 8.47. The Morgan fingerprint density at radius 2 is 1.88 bits per heavy atom. The van der Waals surface area contributed by atoms with Gasteiger partial charge in [0.2, 0.25) is 0 Å². The molecule has 1 atom stereocenters. The van der Waals surface area contributed by atoms with E-state index in [1.807, 2.05) is 0 Å². The summed E-state index contributed by atoms with van der Waals surface area (Å²) in [6, 6.07) is 2.43. The largest absolute Gasteiger partial charge is 0.307 e. The topological polar surface area (TPSA) is 24.9 Å². The van der Waals surface area contributed by atoms with Crippen LogP contribution >= 0.6 is 0 Å². The lowest BCUT2D eigenvalue weighted by Crippen LogP contribution is -2.35. The minimum absolute atomic E-state index is 0.199. The molecule has 0 aliphatic heterocycles. The fourth-order valence-corrected chi connectivity index (χ4v) is 2.62. The van der Waals surface area contributed by atoms with Crippen LogP contribution in [-0.2, 0) is 0 Å². The summed E-state index contributed by atoms with van der Waals surface area (Å²) in [4.78, 5) is 3.92. The number of nitrogens with zero attached hydrogens (tertiary/aromatic N) is 1. The Bertz CT molecular complexity index is 387. The summed E-state index contributed by atoms with van der Waals surface area (Å²) in [5.41, 5.74) is 0.955. The van der Waals surface area contributed by atoms with Crippen LogP contribution in [0.5, 0.6) is 0 Å². The Morgan fingerprint density at radius 3 is 2.41 bits per heavy atom. The molecule has 17 heavy (non-hydrogen) atoms. The van der Waals surface area contributed by atoms with Gasteiger partial charge in [-0.25, -0.2) is 4.39 Å². The van der Waals surface area contributed by atoms with Crippen molar-refractivity contribution in [1.82, 2.24) is 10.3 Å². The molecule has 2 aliphatic rings. The van der Waals surface area contributed by atoms with Crippen molar-refractivity contribution < 1.29 is 4.39 Å². The van der Waals surface area contributed by atoms with Crippen LogP contribution in [0.25, 0.3) is 0 Å². The van der Waals surface area contributed by atoms with Crippen LogP contribution < -0.4 is 5.32 Å². The molecule has 0 amide bonds. The summed E-state index contributed by atoms with van der Waals surface area (Å²) >= 11 is 0. The minimum Gasteiger partial charge on any atom is -0.307 e. The molecule has 1 aromatic rings. The molecule has 0 aromatic carbocycles. The normalized spacial score (nSPS) is 21.8. The van der Waals surface area contributed by atoms with Crippen LogP contribution in [0.2, 0.25) is 0 Å². The maximum atomic E-state index is 13.1. The molecule has 2 nitrogen and oxygen atoms in total. The minimum atomic E-state index is -0.245. The molecule has 1 heterocycles. The van der Waals surface area contributed by atoms with E-state index in [1.165, 1.54) is 31.9 Å². The third-order valence-electron chi connectivity index (χ3n) is 3.93. The predicted molar refractivity (Wildman–Crippen MR) is 65.0 cm³/mol. The molecule has 1 unspecified atom stereocenters. The summed E-state index contributed by atoms with van der Waals surface area (Å²) < 4.78 is 13.1. The molecule has 0 bridgehead atoms. The van der Waals surface area contributed by atoms with Crippen LogP contribution in [0.15, 0.2) is 18.5 Å². The zero-order valence-corrected chi connectivity index (χ0v) is 10.2. The van der Waals surface area contributed by atoms with Crippen LogP contribution in [0.1, 0.15) is 44.2 Å². The fraction of sp³-hybridized carbons (Fsp3) is 0.643. The van der Waals surface area contributed by atoms with Gasteiger partial charge in [-0.3, -0.25) is 4.98 Å². The molecule has 0 radical (unpaired) electrons. The maximum Gasteiger partial charge on any atom is 0.141 e. The number of nitrogens with one attached hydrogen (secondary N) is 1. The Labute approximate surface area is 102 Å². The first-order valence-corrected chi connectivity index (χ1v) is 6.60. The Hall–Kier alpha value is -0.960. The first kappa shape index (κ1) is 11.1. The van der Waals surface area contributed by atoms with Crippen molar-refractivity contribution in [3.8, 4) is 0 Å². The highest BCUT2D eigenvalue weighted by molar-refractivity contribution is 5.15. The van der Waals surface area contributed by atoms with Gasteiger partial charge in [0.25, 0.3) is 0 Å². The summed E-state index contributed by atoms with van der Waals surface area (Å²) in [5, 5.41) is 3.68. The van der Waals surface area contributed by atoms with E-state index in [0.29, 0.717) is 6.04 Å². The van der Waals surface area contributed by atoms with Gasteiger partial charge in [0.05, 0.1) is 6.20 Å². The first-order chi connectivity index (χ1) is 8.24. The standard InChI is InChI=1S/C14H19FN2/c1-9(12-6-13(15)8-16-7-12)17-14(10-2-3-10)11-4-5-11/h6-11,14,17H,2-5H2,1H3. The molecule has 2 saturated carbocycles. The van der Waals surface area contributed by atoms with Crippen molar-refractivity contribution in [2.24, 2.45) is 11.8 Å². The van der Waals surface area contributed by atoms with Crippen molar-refractivity contribution in [3.05, 3.63) is 29.8 Å². The lowest BCUT2D eigenvalue weighted by atomic mass is 10.0.